The van der Waals surface area contributed by atoms with Gasteiger partial charge >= 0.3 is 5.97 Å². The molecule has 1 aliphatic rings. The minimum absolute atomic E-state index is 0.0495. The number of halogens is 2. The first-order valence-corrected chi connectivity index (χ1v) is 10.1. The van der Waals surface area contributed by atoms with E-state index in [2.05, 4.69) is 15.6 Å². The van der Waals surface area contributed by atoms with Crippen molar-refractivity contribution in [3.63, 3.8) is 0 Å². The van der Waals surface area contributed by atoms with Crippen LogP contribution in [-0.2, 0) is 6.42 Å². The predicted molar refractivity (Wildman–Crippen MR) is 121 cm³/mol. The van der Waals surface area contributed by atoms with Crippen LogP contribution < -0.4 is 21.8 Å². The van der Waals surface area contributed by atoms with Crippen LogP contribution in [0, 0.1) is 5.82 Å². The zero-order valence-electron chi connectivity index (χ0n) is 17.8. The van der Waals surface area contributed by atoms with Gasteiger partial charge in [-0.3, -0.25) is 9.18 Å². The average Bonchev–Trinajstić information content (AvgIpc) is 3.16. The van der Waals surface area contributed by atoms with Gasteiger partial charge in [-0.25, -0.2) is 14.2 Å². The van der Waals surface area contributed by atoms with Gasteiger partial charge in [0.2, 0.25) is 5.43 Å². The number of hydrogen-bond acceptors (Lipinski definition) is 6. The Bertz CT molecular complexity index is 1200. The van der Waals surface area contributed by atoms with Crippen molar-refractivity contribution in [2.45, 2.75) is 25.8 Å². The first-order chi connectivity index (χ1) is 15.4. The smallest absolute Gasteiger partial charge is 0.341 e. The number of carboxylic acids is 1. The molecule has 1 aromatic carbocycles. The maximum atomic E-state index is 15.5. The number of hydrogen-bond donors (Lipinski definition) is 4. The van der Waals surface area contributed by atoms with Crippen LogP contribution in [0.1, 0.15) is 35.4 Å². The van der Waals surface area contributed by atoms with Gasteiger partial charge in [-0.05, 0) is 38.0 Å². The number of anilines is 3. The summed E-state index contributed by atoms with van der Waals surface area (Å²) in [4.78, 5) is 28.7. The standard InChI is InChI=1S/C21H22FN5O3.CH3F/c1-11-5-6-14-17(21(29)30)20(28)16-12(23)10-13(18(22)19(16)27(11)14)24-8-9-26-15-4-2-3-7-25-15;1-2/h2-4,7,10-11,24H,5-6,8-9,23H2,1H3,(H,25,26)(H,29,30);1H3. The highest BCUT2D eigenvalue weighted by molar-refractivity contribution is 6.00. The van der Waals surface area contributed by atoms with Crippen LogP contribution in [0.5, 0.6) is 0 Å². The van der Waals surface area contributed by atoms with Crippen molar-refractivity contribution in [3.8, 4) is 0 Å². The number of benzene rings is 1. The summed E-state index contributed by atoms with van der Waals surface area (Å²) in [5, 5.41) is 15.6. The monoisotopic (exact) mass is 445 g/mol. The molecule has 3 aromatic rings. The zero-order valence-corrected chi connectivity index (χ0v) is 17.8. The molecule has 170 valence electrons. The van der Waals surface area contributed by atoms with E-state index in [1.165, 1.54) is 6.07 Å². The first-order valence-electron chi connectivity index (χ1n) is 10.1. The number of fused-ring (bicyclic) bond motifs is 3. The van der Waals surface area contributed by atoms with Gasteiger partial charge in [-0.1, -0.05) is 6.07 Å². The van der Waals surface area contributed by atoms with Gasteiger partial charge in [0.1, 0.15) is 11.4 Å². The molecule has 0 saturated carbocycles. The third kappa shape index (κ3) is 4.08. The van der Waals surface area contributed by atoms with E-state index in [0.29, 0.717) is 44.6 Å². The quantitative estimate of drug-likeness (QED) is 0.339. The number of carbonyl (C=O) groups is 1. The molecule has 5 N–H and O–H groups in total. The molecule has 4 rings (SSSR count). The molecule has 0 fully saturated rings. The van der Waals surface area contributed by atoms with Crippen LogP contribution in [0.4, 0.5) is 26.0 Å². The fourth-order valence-corrected chi connectivity index (χ4v) is 4.05. The molecule has 8 nitrogen and oxygen atoms in total. The minimum Gasteiger partial charge on any atom is -0.477 e. The van der Waals surface area contributed by atoms with Gasteiger partial charge in [-0.2, -0.15) is 0 Å². The first kappa shape index (κ1) is 23.0. The van der Waals surface area contributed by atoms with E-state index in [1.54, 1.807) is 10.8 Å². The second-order valence-electron chi connectivity index (χ2n) is 7.33. The van der Waals surface area contributed by atoms with Crippen LogP contribution in [-0.4, -0.2) is 40.9 Å². The van der Waals surface area contributed by atoms with Crippen LogP contribution >= 0.6 is 0 Å². The summed E-state index contributed by atoms with van der Waals surface area (Å²) in [6.45, 7) is 2.75. The molecule has 0 radical (unpaired) electrons. The SMILES string of the molecule is CC1CCc2c(C(=O)O)c(=O)c3c(N)cc(NCCNc4ccccn4)c(F)c3n21.CF. The summed E-state index contributed by atoms with van der Waals surface area (Å²) in [6.07, 6.45) is 2.70. The molecule has 10 heteroatoms. The Labute approximate surface area is 183 Å². The van der Waals surface area contributed by atoms with Gasteiger partial charge in [0.05, 0.1) is 23.8 Å². The second-order valence-corrected chi connectivity index (χ2v) is 7.33. The molecular weight excluding hydrogens is 420 g/mol. The summed E-state index contributed by atoms with van der Waals surface area (Å²) in [7, 11) is 0.500. The highest BCUT2D eigenvalue weighted by Crippen LogP contribution is 2.36. The molecule has 0 amide bonds. The third-order valence-corrected chi connectivity index (χ3v) is 5.41. The molecule has 3 heterocycles. The molecule has 1 unspecified atom stereocenters. The van der Waals surface area contributed by atoms with E-state index in [-0.39, 0.29) is 33.9 Å². The number of rotatable bonds is 6. The van der Waals surface area contributed by atoms with E-state index < -0.39 is 17.2 Å². The fourth-order valence-electron chi connectivity index (χ4n) is 4.05. The Kier molecular flexibility index (Phi) is 6.92. The van der Waals surface area contributed by atoms with E-state index in [0.717, 1.165) is 0 Å². The normalized spacial score (nSPS) is 14.4. The van der Waals surface area contributed by atoms with Gasteiger partial charge in [0, 0.05) is 36.7 Å². The lowest BCUT2D eigenvalue weighted by atomic mass is 10.0. The van der Waals surface area contributed by atoms with Crippen LogP contribution in [0.15, 0.2) is 35.3 Å². The summed E-state index contributed by atoms with van der Waals surface area (Å²) < 4.78 is 26.6. The molecule has 1 atom stereocenters. The lowest BCUT2D eigenvalue weighted by molar-refractivity contribution is 0.0694. The van der Waals surface area contributed by atoms with Crippen molar-refractivity contribution in [3.05, 3.63) is 57.8 Å². The topological polar surface area (TPSA) is 122 Å². The maximum Gasteiger partial charge on any atom is 0.341 e. The van der Waals surface area contributed by atoms with Gasteiger partial charge in [0.15, 0.2) is 5.82 Å². The highest BCUT2D eigenvalue weighted by Gasteiger charge is 2.31. The number of nitrogen functional groups attached to an aromatic ring is 1. The Morgan fingerprint density at radius 1 is 1.31 bits per heavy atom. The largest absolute Gasteiger partial charge is 0.477 e. The Morgan fingerprint density at radius 3 is 2.69 bits per heavy atom. The summed E-state index contributed by atoms with van der Waals surface area (Å²) in [6, 6.07) is 6.70. The maximum absolute atomic E-state index is 15.5. The number of alkyl halides is 1. The van der Waals surface area contributed by atoms with E-state index in [4.69, 9.17) is 5.73 Å². The van der Waals surface area contributed by atoms with E-state index >= 15 is 4.39 Å². The number of nitrogens with zero attached hydrogens (tertiary/aromatic N) is 2. The minimum atomic E-state index is -1.32. The molecule has 0 spiro atoms. The molecule has 0 bridgehead atoms. The summed E-state index contributed by atoms with van der Waals surface area (Å²) in [5.41, 5.74) is 5.66. The molecule has 1 aliphatic heterocycles. The molecule has 32 heavy (non-hydrogen) atoms. The number of aromatic nitrogens is 2. The second kappa shape index (κ2) is 9.63. The van der Waals surface area contributed by atoms with Crippen LogP contribution in [0.2, 0.25) is 0 Å². The molecule has 2 aromatic heterocycles. The van der Waals surface area contributed by atoms with Crippen LogP contribution in [0.25, 0.3) is 10.9 Å². The molecule has 0 aliphatic carbocycles. The van der Waals surface area contributed by atoms with Crippen molar-refractivity contribution in [2.24, 2.45) is 0 Å². The Hall–Kier alpha value is -3.69. The van der Waals surface area contributed by atoms with Gasteiger partial charge < -0.3 is 26.0 Å². The van der Waals surface area contributed by atoms with E-state index in [1.807, 2.05) is 25.1 Å². The number of pyridine rings is 2. The number of carboxylic acid groups (broad SMARTS) is 1. The van der Waals surface area contributed by atoms with Crippen molar-refractivity contribution in [1.29, 1.82) is 0 Å². The Balaban J connectivity index is 0.00000141. The predicted octanol–water partition coefficient (Wildman–Crippen LogP) is 3.43. The van der Waals surface area contributed by atoms with Crippen LogP contribution in [0.3, 0.4) is 0 Å². The Morgan fingerprint density at radius 2 is 2.03 bits per heavy atom. The van der Waals surface area contributed by atoms with Crippen molar-refractivity contribution in [2.75, 3.05) is 36.6 Å². The molecular formula is C22H25F2N5O3. The fraction of sp³-hybridized carbons (Fsp3) is 0.318. The highest BCUT2D eigenvalue weighted by atomic mass is 19.1. The summed E-state index contributed by atoms with van der Waals surface area (Å²) in [5.74, 6) is -1.22. The zero-order chi connectivity index (χ0) is 23.4. The third-order valence-electron chi connectivity index (χ3n) is 5.41. The van der Waals surface area contributed by atoms with Crippen molar-refractivity contribution >= 4 is 34.1 Å². The van der Waals surface area contributed by atoms with Gasteiger partial charge in [-0.15, -0.1) is 0 Å². The number of nitrogens with one attached hydrogen (secondary N) is 2. The van der Waals surface area contributed by atoms with Crippen molar-refractivity contribution in [1.82, 2.24) is 9.55 Å². The summed E-state index contributed by atoms with van der Waals surface area (Å²) >= 11 is 0. The molecule has 0 saturated heterocycles. The lowest BCUT2D eigenvalue weighted by Crippen LogP contribution is -2.24. The van der Waals surface area contributed by atoms with E-state index in [9.17, 15) is 19.1 Å². The average molecular weight is 445 g/mol. The number of aromatic carboxylic acids is 1. The number of nitrogens with two attached hydrogens (primary N) is 1. The van der Waals surface area contributed by atoms with Gasteiger partial charge in [0.25, 0.3) is 0 Å². The lowest BCUT2D eigenvalue weighted by Gasteiger charge is -2.20. The van der Waals surface area contributed by atoms with Crippen molar-refractivity contribution < 1.29 is 18.7 Å².